The quantitative estimate of drug-likeness (QED) is 0.302. The van der Waals surface area contributed by atoms with Gasteiger partial charge in [0.1, 0.15) is 12.1 Å². The largest absolute Gasteiger partial charge is 0.348 e. The summed E-state index contributed by atoms with van der Waals surface area (Å²) < 4.78 is 3.66. The molecule has 0 unspecified atom stereocenters. The van der Waals surface area contributed by atoms with Crippen molar-refractivity contribution in [2.75, 3.05) is 0 Å². The molecule has 5 aromatic rings. The molecule has 0 aliphatic carbocycles. The molecular formula is C28H23ClN6O. The molecule has 3 heterocycles. The van der Waals surface area contributed by atoms with E-state index in [9.17, 15) is 4.79 Å². The van der Waals surface area contributed by atoms with E-state index in [2.05, 4.69) is 15.3 Å². The Labute approximate surface area is 213 Å². The Hall–Kier alpha value is -4.49. The van der Waals surface area contributed by atoms with Crippen molar-refractivity contribution < 1.29 is 4.79 Å². The van der Waals surface area contributed by atoms with Gasteiger partial charge in [0.25, 0.3) is 0 Å². The molecule has 0 fully saturated rings. The molecule has 1 amide bonds. The zero-order valence-electron chi connectivity index (χ0n) is 19.3. The summed E-state index contributed by atoms with van der Waals surface area (Å²) in [5.74, 6) is 0.566. The van der Waals surface area contributed by atoms with E-state index in [-0.39, 0.29) is 5.91 Å². The molecule has 8 heteroatoms. The first-order valence-corrected chi connectivity index (χ1v) is 11.8. The van der Waals surface area contributed by atoms with E-state index in [1.165, 1.54) is 6.08 Å². The maximum atomic E-state index is 12.6. The zero-order chi connectivity index (χ0) is 24.7. The highest BCUT2D eigenvalue weighted by atomic mass is 35.5. The molecule has 7 nitrogen and oxygen atoms in total. The number of pyridine rings is 1. The summed E-state index contributed by atoms with van der Waals surface area (Å²) >= 11 is 6.34. The SMILES string of the molecule is O=C(/C=C/c1cn(Cc2ccccc2Cl)nc1-c1ccccc1)NCc1ccc(-n2ccnc2)nc1. The van der Waals surface area contributed by atoms with E-state index < -0.39 is 0 Å². The normalized spacial score (nSPS) is 11.1. The summed E-state index contributed by atoms with van der Waals surface area (Å²) in [5, 5.41) is 8.38. The van der Waals surface area contributed by atoms with Crippen LogP contribution in [0.4, 0.5) is 0 Å². The predicted molar refractivity (Wildman–Crippen MR) is 140 cm³/mol. The molecule has 2 aromatic carbocycles. The van der Waals surface area contributed by atoms with Crippen molar-refractivity contribution in [3.8, 4) is 17.1 Å². The highest BCUT2D eigenvalue weighted by Gasteiger charge is 2.11. The number of halogens is 1. The van der Waals surface area contributed by atoms with E-state index in [1.807, 2.05) is 88.4 Å². The number of aromatic nitrogens is 5. The summed E-state index contributed by atoms with van der Waals surface area (Å²) in [4.78, 5) is 21.0. The second-order valence-corrected chi connectivity index (χ2v) is 8.54. The Balaban J connectivity index is 1.29. The third-order valence-electron chi connectivity index (χ3n) is 5.59. The minimum atomic E-state index is -0.202. The molecule has 0 bridgehead atoms. The molecular weight excluding hydrogens is 472 g/mol. The monoisotopic (exact) mass is 494 g/mol. The Morgan fingerprint density at radius 3 is 2.61 bits per heavy atom. The number of hydrogen-bond acceptors (Lipinski definition) is 4. The van der Waals surface area contributed by atoms with Crippen LogP contribution in [-0.4, -0.2) is 30.2 Å². The first-order chi connectivity index (χ1) is 17.7. The molecule has 0 aliphatic heterocycles. The van der Waals surface area contributed by atoms with E-state index in [4.69, 9.17) is 16.7 Å². The summed E-state index contributed by atoms with van der Waals surface area (Å²) in [6.07, 6.45) is 12.2. The van der Waals surface area contributed by atoms with Crippen LogP contribution >= 0.6 is 11.6 Å². The summed E-state index contributed by atoms with van der Waals surface area (Å²) in [5.41, 5.74) is 4.49. The first-order valence-electron chi connectivity index (χ1n) is 11.4. The summed E-state index contributed by atoms with van der Waals surface area (Å²) in [6.45, 7) is 0.902. The van der Waals surface area contributed by atoms with Crippen LogP contribution in [0.1, 0.15) is 16.7 Å². The molecule has 3 aromatic heterocycles. The van der Waals surface area contributed by atoms with Crippen molar-refractivity contribution in [3.63, 3.8) is 0 Å². The van der Waals surface area contributed by atoms with Crippen LogP contribution in [0.25, 0.3) is 23.2 Å². The summed E-state index contributed by atoms with van der Waals surface area (Å²) in [6, 6.07) is 21.4. The maximum absolute atomic E-state index is 12.6. The first kappa shape index (κ1) is 23.3. The third-order valence-corrected chi connectivity index (χ3v) is 5.96. The van der Waals surface area contributed by atoms with Crippen LogP contribution in [0.15, 0.2) is 104 Å². The van der Waals surface area contributed by atoms with Gasteiger partial charge in [0, 0.05) is 53.6 Å². The molecule has 0 atom stereocenters. The van der Waals surface area contributed by atoms with Crippen LogP contribution in [0, 0.1) is 0 Å². The standard InChI is InChI=1S/C28H23ClN6O/c29-25-9-5-4-8-23(25)18-35-19-24(28(33-35)22-6-2-1-3-7-22)11-13-27(36)32-17-21-10-12-26(31-16-21)34-15-14-30-20-34/h1-16,19-20H,17-18H2,(H,32,36)/b13-11+. The molecule has 1 N–H and O–H groups in total. The lowest BCUT2D eigenvalue weighted by molar-refractivity contribution is -0.116. The smallest absolute Gasteiger partial charge is 0.244 e. The van der Waals surface area contributed by atoms with Gasteiger partial charge in [-0.1, -0.05) is 66.2 Å². The number of amides is 1. The second-order valence-electron chi connectivity index (χ2n) is 8.13. The van der Waals surface area contributed by atoms with Gasteiger partial charge in [-0.3, -0.25) is 14.0 Å². The lowest BCUT2D eigenvalue weighted by atomic mass is 10.1. The number of rotatable bonds is 8. The molecule has 0 aliphatic rings. The van der Waals surface area contributed by atoms with Crippen LogP contribution in [0.2, 0.25) is 5.02 Å². The van der Waals surface area contributed by atoms with Gasteiger partial charge in [0.2, 0.25) is 5.91 Å². The molecule has 5 rings (SSSR count). The van der Waals surface area contributed by atoms with Gasteiger partial charge < -0.3 is 5.32 Å². The van der Waals surface area contributed by atoms with Gasteiger partial charge in [0.05, 0.1) is 12.2 Å². The van der Waals surface area contributed by atoms with Gasteiger partial charge in [-0.05, 0) is 29.3 Å². The number of carbonyl (C=O) groups excluding carboxylic acids is 1. The highest BCUT2D eigenvalue weighted by molar-refractivity contribution is 6.31. The van der Waals surface area contributed by atoms with Crippen LogP contribution in [0.5, 0.6) is 0 Å². The van der Waals surface area contributed by atoms with E-state index in [0.29, 0.717) is 18.1 Å². The van der Waals surface area contributed by atoms with Gasteiger partial charge in [-0.2, -0.15) is 5.10 Å². The van der Waals surface area contributed by atoms with Crippen molar-refractivity contribution in [2.24, 2.45) is 0 Å². The number of imidazole rings is 1. The van der Waals surface area contributed by atoms with Crippen LogP contribution < -0.4 is 5.32 Å². The number of hydrogen-bond donors (Lipinski definition) is 1. The van der Waals surface area contributed by atoms with E-state index >= 15 is 0 Å². The zero-order valence-corrected chi connectivity index (χ0v) is 20.1. The summed E-state index contributed by atoms with van der Waals surface area (Å²) in [7, 11) is 0. The average Bonchev–Trinajstić information content (AvgIpc) is 3.59. The minimum Gasteiger partial charge on any atom is -0.348 e. The van der Waals surface area contributed by atoms with Gasteiger partial charge >= 0.3 is 0 Å². The van der Waals surface area contributed by atoms with Crippen molar-refractivity contribution in [1.29, 1.82) is 0 Å². The van der Waals surface area contributed by atoms with Gasteiger partial charge in [-0.25, -0.2) is 9.97 Å². The number of nitrogens with one attached hydrogen (secondary N) is 1. The molecule has 178 valence electrons. The Morgan fingerprint density at radius 1 is 1.03 bits per heavy atom. The molecule has 0 radical (unpaired) electrons. The molecule has 36 heavy (non-hydrogen) atoms. The number of benzene rings is 2. The van der Waals surface area contributed by atoms with Crippen molar-refractivity contribution >= 4 is 23.6 Å². The predicted octanol–water partition coefficient (Wildman–Crippen LogP) is 5.16. The number of carbonyl (C=O) groups is 1. The molecule has 0 saturated carbocycles. The average molecular weight is 495 g/mol. The Kier molecular flexibility index (Phi) is 7.00. The van der Waals surface area contributed by atoms with Crippen molar-refractivity contribution in [3.05, 3.63) is 126 Å². The maximum Gasteiger partial charge on any atom is 0.244 e. The van der Waals surface area contributed by atoms with E-state index in [0.717, 1.165) is 33.8 Å². The van der Waals surface area contributed by atoms with Gasteiger partial charge in [-0.15, -0.1) is 0 Å². The van der Waals surface area contributed by atoms with Crippen LogP contribution in [0.3, 0.4) is 0 Å². The Morgan fingerprint density at radius 2 is 1.86 bits per heavy atom. The fraction of sp³-hybridized carbons (Fsp3) is 0.0714. The minimum absolute atomic E-state index is 0.202. The molecule has 0 saturated heterocycles. The lowest BCUT2D eigenvalue weighted by Gasteiger charge is -2.04. The molecule has 0 spiro atoms. The number of nitrogens with zero attached hydrogens (tertiary/aromatic N) is 5. The lowest BCUT2D eigenvalue weighted by Crippen LogP contribution is -2.20. The topological polar surface area (TPSA) is 77.6 Å². The fourth-order valence-corrected chi connectivity index (χ4v) is 3.94. The fourth-order valence-electron chi connectivity index (χ4n) is 3.74. The van der Waals surface area contributed by atoms with Crippen molar-refractivity contribution in [2.45, 2.75) is 13.1 Å². The second kappa shape index (κ2) is 10.8. The third kappa shape index (κ3) is 5.59. The van der Waals surface area contributed by atoms with E-state index in [1.54, 1.807) is 24.8 Å². The highest BCUT2D eigenvalue weighted by Crippen LogP contribution is 2.24. The Bertz CT molecular complexity index is 1470. The van der Waals surface area contributed by atoms with Crippen molar-refractivity contribution in [1.82, 2.24) is 29.6 Å². The van der Waals surface area contributed by atoms with Gasteiger partial charge in [0.15, 0.2) is 0 Å². The van der Waals surface area contributed by atoms with Crippen LogP contribution in [-0.2, 0) is 17.9 Å².